The summed E-state index contributed by atoms with van der Waals surface area (Å²) in [6.07, 6.45) is 0. The highest BCUT2D eigenvalue weighted by Gasteiger charge is 2.38. The number of nitrogens with zero attached hydrogens (tertiary/aromatic N) is 2. The molecule has 11 rings (SSSR count). The lowest BCUT2D eigenvalue weighted by Crippen LogP contribution is -2.31. The van der Waals surface area contributed by atoms with Gasteiger partial charge in [-0.25, -0.2) is 0 Å². The maximum Gasteiger partial charge on any atom is 0.0618 e. The fourth-order valence-corrected chi connectivity index (χ4v) is 9.51. The van der Waals surface area contributed by atoms with E-state index in [-0.39, 0.29) is 5.41 Å². The fraction of sp³-hybridized carbons (Fsp3) is 0.0526. The molecule has 59 heavy (non-hydrogen) atoms. The topological polar surface area (TPSA) is 6.48 Å². The zero-order chi connectivity index (χ0) is 39.5. The minimum absolute atomic E-state index is 0.301. The minimum Gasteiger partial charge on any atom is -0.310 e. The monoisotopic (exact) mass is 754 g/mol. The smallest absolute Gasteiger partial charge is 0.0618 e. The Morgan fingerprint density at radius 2 is 0.932 bits per heavy atom. The van der Waals surface area contributed by atoms with Gasteiger partial charge in [-0.15, -0.1) is 0 Å². The van der Waals surface area contributed by atoms with Crippen LogP contribution in [0.3, 0.4) is 0 Å². The van der Waals surface area contributed by atoms with Crippen LogP contribution in [0.1, 0.15) is 25.0 Å². The molecule has 0 bridgehead atoms. The summed E-state index contributed by atoms with van der Waals surface area (Å²) in [5.41, 5.74) is 14.1. The predicted molar refractivity (Wildman–Crippen MR) is 251 cm³/mol. The van der Waals surface area contributed by atoms with Gasteiger partial charge in [-0.2, -0.15) is 0 Å². The van der Waals surface area contributed by atoms with E-state index in [9.17, 15) is 0 Å². The second kappa shape index (κ2) is 13.9. The lowest BCUT2D eigenvalue weighted by atomic mass is 9.73. The number of rotatable bonds is 6. The van der Waals surface area contributed by atoms with Crippen LogP contribution in [0.4, 0.5) is 34.1 Å². The number of benzene rings is 10. The molecule has 2 nitrogen and oxygen atoms in total. The average Bonchev–Trinajstić information content (AvgIpc) is 3.30. The molecular weight excluding hydrogens is 713 g/mol. The van der Waals surface area contributed by atoms with Crippen LogP contribution >= 0.6 is 0 Å². The number of hydrogen-bond acceptors (Lipinski definition) is 2. The van der Waals surface area contributed by atoms with E-state index in [0.29, 0.717) is 0 Å². The molecule has 2 heteroatoms. The molecule has 1 heterocycles. The number of hydrogen-bond donors (Lipinski definition) is 0. The Hall–Kier alpha value is -7.42. The second-order valence-corrected chi connectivity index (χ2v) is 16.1. The molecule has 280 valence electrons. The molecule has 0 unspecified atom stereocenters. The number of anilines is 6. The van der Waals surface area contributed by atoms with Crippen molar-refractivity contribution in [2.45, 2.75) is 19.3 Å². The molecule has 0 aromatic heterocycles. The first kappa shape index (κ1) is 34.8. The first-order valence-electron chi connectivity index (χ1n) is 20.5. The minimum atomic E-state index is -0.301. The van der Waals surface area contributed by atoms with Crippen molar-refractivity contribution in [1.29, 1.82) is 0 Å². The third-order valence-corrected chi connectivity index (χ3v) is 12.4. The Labute approximate surface area is 345 Å². The number of para-hydroxylation sites is 1. The maximum atomic E-state index is 2.55. The molecule has 1 aliphatic rings. The Bertz CT molecular complexity index is 3190. The van der Waals surface area contributed by atoms with Gasteiger partial charge >= 0.3 is 0 Å². The molecule has 0 spiro atoms. The van der Waals surface area contributed by atoms with Crippen LogP contribution in [-0.2, 0) is 5.41 Å². The van der Waals surface area contributed by atoms with Gasteiger partial charge < -0.3 is 9.80 Å². The molecular formula is C57H42N2. The van der Waals surface area contributed by atoms with Crippen LogP contribution in [0, 0.1) is 0 Å². The van der Waals surface area contributed by atoms with E-state index in [1.807, 2.05) is 0 Å². The zero-order valence-electron chi connectivity index (χ0n) is 33.2. The third kappa shape index (κ3) is 5.71. The molecule has 0 aliphatic carbocycles. The summed E-state index contributed by atoms with van der Waals surface area (Å²) in [5, 5.41) is 7.34. The van der Waals surface area contributed by atoms with Gasteiger partial charge in [-0.1, -0.05) is 190 Å². The van der Waals surface area contributed by atoms with Gasteiger partial charge in [0.15, 0.2) is 0 Å². The molecule has 10 aromatic carbocycles. The van der Waals surface area contributed by atoms with Crippen LogP contribution in [0.2, 0.25) is 0 Å². The average molecular weight is 755 g/mol. The highest BCUT2D eigenvalue weighted by molar-refractivity contribution is 6.11. The van der Waals surface area contributed by atoms with Crippen LogP contribution in [0.15, 0.2) is 218 Å². The predicted octanol–water partition coefficient (Wildman–Crippen LogP) is 16.1. The van der Waals surface area contributed by atoms with Crippen LogP contribution < -0.4 is 9.80 Å². The summed E-state index contributed by atoms with van der Waals surface area (Å²) in [7, 11) is 0. The van der Waals surface area contributed by atoms with E-state index < -0.39 is 0 Å². The van der Waals surface area contributed by atoms with Crippen LogP contribution in [-0.4, -0.2) is 0 Å². The van der Waals surface area contributed by atoms with Crippen molar-refractivity contribution in [2.24, 2.45) is 0 Å². The molecule has 0 atom stereocenters. The zero-order valence-corrected chi connectivity index (χ0v) is 33.2. The summed E-state index contributed by atoms with van der Waals surface area (Å²) in [5.74, 6) is 0. The lowest BCUT2D eigenvalue weighted by molar-refractivity contribution is 0.632. The molecule has 0 saturated heterocycles. The van der Waals surface area contributed by atoms with Crippen LogP contribution in [0.25, 0.3) is 54.6 Å². The fourth-order valence-electron chi connectivity index (χ4n) is 9.51. The van der Waals surface area contributed by atoms with Crippen molar-refractivity contribution in [3.8, 4) is 22.3 Å². The van der Waals surface area contributed by atoms with Gasteiger partial charge in [0.05, 0.1) is 22.7 Å². The third-order valence-electron chi connectivity index (χ3n) is 12.4. The molecule has 10 aromatic rings. The van der Waals surface area contributed by atoms with E-state index >= 15 is 0 Å². The normalized spacial score (nSPS) is 13.0. The first-order chi connectivity index (χ1) is 29.0. The highest BCUT2D eigenvalue weighted by Crippen LogP contribution is 2.56. The van der Waals surface area contributed by atoms with E-state index in [1.54, 1.807) is 0 Å². The molecule has 1 aliphatic heterocycles. The molecule has 0 amide bonds. The lowest BCUT2D eigenvalue weighted by Gasteiger charge is -2.43. The van der Waals surface area contributed by atoms with Crippen molar-refractivity contribution in [1.82, 2.24) is 0 Å². The Morgan fingerprint density at radius 3 is 1.71 bits per heavy atom. The van der Waals surface area contributed by atoms with E-state index in [2.05, 4.69) is 242 Å². The Balaban J connectivity index is 1.16. The molecule has 0 fully saturated rings. The highest BCUT2D eigenvalue weighted by atomic mass is 15.2. The van der Waals surface area contributed by atoms with E-state index in [1.165, 1.54) is 82.8 Å². The van der Waals surface area contributed by atoms with Gasteiger partial charge in [0.2, 0.25) is 0 Å². The molecule has 0 saturated carbocycles. The SMILES string of the molecule is CC1(C)c2ccccc2N(c2c(-c3cccc4ccccc34)ccc3ccccc23)c2ccc(N(c3ccc(-c4ccccc4)cc3)c3cccc4ccccc34)cc21. The quantitative estimate of drug-likeness (QED) is 0.167. The van der Waals surface area contributed by atoms with Gasteiger partial charge in [0.1, 0.15) is 0 Å². The van der Waals surface area contributed by atoms with Gasteiger partial charge in [-0.05, 0) is 91.8 Å². The van der Waals surface area contributed by atoms with Crippen molar-refractivity contribution < 1.29 is 0 Å². The van der Waals surface area contributed by atoms with Gasteiger partial charge in [0, 0.05) is 33.1 Å². The van der Waals surface area contributed by atoms with Crippen molar-refractivity contribution >= 4 is 66.4 Å². The summed E-state index contributed by atoms with van der Waals surface area (Å²) < 4.78 is 0. The Kier molecular flexibility index (Phi) is 8.20. The summed E-state index contributed by atoms with van der Waals surface area (Å²) >= 11 is 0. The molecule has 0 N–H and O–H groups in total. The van der Waals surface area contributed by atoms with Gasteiger partial charge in [-0.3, -0.25) is 0 Å². The maximum absolute atomic E-state index is 2.55. The van der Waals surface area contributed by atoms with Crippen molar-refractivity contribution in [2.75, 3.05) is 9.80 Å². The number of fused-ring (bicyclic) bond motifs is 5. The summed E-state index contributed by atoms with van der Waals surface area (Å²) in [4.78, 5) is 4.99. The van der Waals surface area contributed by atoms with Crippen molar-refractivity contribution in [3.63, 3.8) is 0 Å². The van der Waals surface area contributed by atoms with Crippen LogP contribution in [0.5, 0.6) is 0 Å². The van der Waals surface area contributed by atoms with E-state index in [0.717, 1.165) is 17.1 Å². The van der Waals surface area contributed by atoms with Gasteiger partial charge in [0.25, 0.3) is 0 Å². The van der Waals surface area contributed by atoms with E-state index in [4.69, 9.17) is 0 Å². The van der Waals surface area contributed by atoms with Crippen molar-refractivity contribution in [3.05, 3.63) is 230 Å². The largest absolute Gasteiger partial charge is 0.310 e. The summed E-state index contributed by atoms with van der Waals surface area (Å²) in [6, 6.07) is 80.1. The first-order valence-corrected chi connectivity index (χ1v) is 20.5. The molecule has 0 radical (unpaired) electrons. The Morgan fingerprint density at radius 1 is 0.373 bits per heavy atom. The summed E-state index contributed by atoms with van der Waals surface area (Å²) in [6.45, 7) is 4.77. The second-order valence-electron chi connectivity index (χ2n) is 16.1. The standard InChI is InChI=1S/C57H42N2/c1-57(2)51-27-12-13-28-54(51)59(56-48-25-11-8-20-43(48)32-36-50(56)49-26-14-21-41-18-6-9-23-46(41)49)55-37-35-45(38-52(55)57)58(53-29-15-22-42-19-7-10-24-47(42)53)44-33-30-40(31-34-44)39-16-4-3-5-17-39/h3-38H,1-2H3.